The summed E-state index contributed by atoms with van der Waals surface area (Å²) in [6.07, 6.45) is 0. The zero-order valence-corrected chi connectivity index (χ0v) is 12.7. The lowest BCUT2D eigenvalue weighted by molar-refractivity contribution is 1.35. The standard InChI is InChI=1S/C14H22SSi/c1-6-15-14-10-8-7-9-13(14)12(2)11-16(3,4)5/h7-10H,2,6,11H2,1,3-5H3. The topological polar surface area (TPSA) is 0 Å². The maximum absolute atomic E-state index is 4.27. The highest BCUT2D eigenvalue weighted by Crippen LogP contribution is 2.31. The highest BCUT2D eigenvalue weighted by Gasteiger charge is 2.16. The van der Waals surface area contributed by atoms with Crippen LogP contribution in [0.4, 0.5) is 0 Å². The summed E-state index contributed by atoms with van der Waals surface area (Å²) in [6.45, 7) is 13.7. The Morgan fingerprint density at radius 1 is 1.25 bits per heavy atom. The van der Waals surface area contributed by atoms with Gasteiger partial charge in [0.1, 0.15) is 0 Å². The van der Waals surface area contributed by atoms with Gasteiger partial charge in [0.25, 0.3) is 0 Å². The van der Waals surface area contributed by atoms with E-state index in [-0.39, 0.29) is 0 Å². The van der Waals surface area contributed by atoms with E-state index in [0.29, 0.717) is 0 Å². The fourth-order valence-electron chi connectivity index (χ4n) is 1.78. The van der Waals surface area contributed by atoms with E-state index in [1.807, 2.05) is 11.8 Å². The third-order valence-electron chi connectivity index (χ3n) is 2.31. The largest absolute Gasteiger partial charge is 0.126 e. The SMILES string of the molecule is C=C(C[Si](C)(C)C)c1ccccc1SCC. The molecule has 0 aliphatic rings. The van der Waals surface area contributed by atoms with Gasteiger partial charge in [-0.2, -0.15) is 0 Å². The zero-order valence-electron chi connectivity index (χ0n) is 10.8. The average Bonchev–Trinajstić information content (AvgIpc) is 2.16. The summed E-state index contributed by atoms with van der Waals surface area (Å²) in [7, 11) is -1.06. The minimum absolute atomic E-state index is 1.06. The first-order chi connectivity index (χ1) is 7.44. The quantitative estimate of drug-likeness (QED) is 0.514. The maximum atomic E-state index is 4.27. The maximum Gasteiger partial charge on any atom is 0.0487 e. The van der Waals surface area contributed by atoms with Crippen molar-refractivity contribution in [3.05, 3.63) is 36.4 Å². The summed E-state index contributed by atoms with van der Waals surface area (Å²) in [5, 5.41) is 0. The summed E-state index contributed by atoms with van der Waals surface area (Å²) in [4.78, 5) is 1.38. The molecule has 0 spiro atoms. The van der Waals surface area contributed by atoms with Crippen LogP contribution in [0.2, 0.25) is 25.7 Å². The molecule has 1 rings (SSSR count). The molecule has 0 nitrogen and oxygen atoms in total. The van der Waals surface area contributed by atoms with E-state index in [1.54, 1.807) is 0 Å². The Labute approximate surface area is 105 Å². The summed E-state index contributed by atoms with van der Waals surface area (Å²) in [5.74, 6) is 1.12. The van der Waals surface area contributed by atoms with Crippen molar-refractivity contribution in [3.63, 3.8) is 0 Å². The van der Waals surface area contributed by atoms with Crippen molar-refractivity contribution in [2.75, 3.05) is 5.75 Å². The van der Waals surface area contributed by atoms with Gasteiger partial charge in [0.2, 0.25) is 0 Å². The van der Waals surface area contributed by atoms with Crippen LogP contribution in [0, 0.1) is 0 Å². The molecule has 16 heavy (non-hydrogen) atoms. The summed E-state index contributed by atoms with van der Waals surface area (Å²) < 4.78 is 0. The van der Waals surface area contributed by atoms with Crippen molar-refractivity contribution in [2.45, 2.75) is 37.5 Å². The lowest BCUT2D eigenvalue weighted by atomic mass is 10.1. The molecule has 0 amide bonds. The number of rotatable bonds is 5. The Morgan fingerprint density at radius 3 is 2.44 bits per heavy atom. The summed E-state index contributed by atoms with van der Waals surface area (Å²) >= 11 is 1.91. The average molecular weight is 250 g/mol. The van der Waals surface area contributed by atoms with Crippen molar-refractivity contribution in [1.29, 1.82) is 0 Å². The second-order valence-corrected chi connectivity index (χ2v) is 12.1. The van der Waals surface area contributed by atoms with Crippen LogP contribution in [0.25, 0.3) is 5.57 Å². The Bertz CT molecular complexity index is 363. The fourth-order valence-corrected chi connectivity index (χ4v) is 4.10. The molecule has 0 heterocycles. The molecule has 0 fully saturated rings. The van der Waals surface area contributed by atoms with Gasteiger partial charge in [0, 0.05) is 13.0 Å². The normalized spacial score (nSPS) is 11.5. The second-order valence-electron chi connectivity index (χ2n) is 5.27. The third-order valence-corrected chi connectivity index (χ3v) is 4.75. The van der Waals surface area contributed by atoms with Crippen LogP contribution in [-0.2, 0) is 0 Å². The van der Waals surface area contributed by atoms with E-state index in [9.17, 15) is 0 Å². The van der Waals surface area contributed by atoms with E-state index in [1.165, 1.54) is 22.1 Å². The molecule has 0 N–H and O–H groups in total. The van der Waals surface area contributed by atoms with Crippen molar-refractivity contribution in [1.82, 2.24) is 0 Å². The van der Waals surface area contributed by atoms with Gasteiger partial charge in [0.05, 0.1) is 0 Å². The van der Waals surface area contributed by atoms with Gasteiger partial charge in [0.15, 0.2) is 0 Å². The van der Waals surface area contributed by atoms with E-state index in [0.717, 1.165) is 5.75 Å². The lowest BCUT2D eigenvalue weighted by Gasteiger charge is -2.19. The molecule has 0 aromatic heterocycles. The molecule has 0 aliphatic carbocycles. The van der Waals surface area contributed by atoms with E-state index < -0.39 is 8.07 Å². The highest BCUT2D eigenvalue weighted by atomic mass is 32.2. The number of hydrogen-bond donors (Lipinski definition) is 0. The van der Waals surface area contributed by atoms with Gasteiger partial charge < -0.3 is 0 Å². The van der Waals surface area contributed by atoms with Crippen LogP contribution >= 0.6 is 11.8 Å². The molecular formula is C14H22SSi. The molecule has 0 saturated carbocycles. The van der Waals surface area contributed by atoms with Crippen molar-refractivity contribution < 1.29 is 0 Å². The van der Waals surface area contributed by atoms with Gasteiger partial charge in [-0.25, -0.2) is 0 Å². The smallest absolute Gasteiger partial charge is 0.0487 e. The van der Waals surface area contributed by atoms with Crippen LogP contribution in [-0.4, -0.2) is 13.8 Å². The number of benzene rings is 1. The Balaban J connectivity index is 2.90. The molecule has 0 saturated heterocycles. The number of hydrogen-bond acceptors (Lipinski definition) is 1. The van der Waals surface area contributed by atoms with Crippen LogP contribution in [0.3, 0.4) is 0 Å². The van der Waals surface area contributed by atoms with Gasteiger partial charge in [-0.15, -0.1) is 11.8 Å². The fraction of sp³-hybridized carbons (Fsp3) is 0.429. The predicted octanol–water partition coefficient (Wildman–Crippen LogP) is 5.15. The molecule has 2 heteroatoms. The van der Waals surface area contributed by atoms with Crippen LogP contribution in [0.15, 0.2) is 35.7 Å². The first kappa shape index (κ1) is 13.6. The first-order valence-corrected chi connectivity index (χ1v) is 10.5. The minimum Gasteiger partial charge on any atom is -0.126 e. The van der Waals surface area contributed by atoms with Crippen molar-refractivity contribution >= 4 is 25.4 Å². The molecule has 0 unspecified atom stereocenters. The Morgan fingerprint density at radius 2 is 1.88 bits per heavy atom. The molecule has 0 aliphatic heterocycles. The number of allylic oxidation sites excluding steroid dienone is 1. The third kappa shape index (κ3) is 4.18. The highest BCUT2D eigenvalue weighted by molar-refractivity contribution is 7.99. The van der Waals surface area contributed by atoms with Gasteiger partial charge in [-0.1, -0.05) is 51.3 Å². The van der Waals surface area contributed by atoms with Gasteiger partial charge >= 0.3 is 0 Å². The van der Waals surface area contributed by atoms with Gasteiger partial charge in [-0.3, -0.25) is 0 Å². The first-order valence-electron chi connectivity index (χ1n) is 5.84. The lowest BCUT2D eigenvalue weighted by Crippen LogP contribution is -2.19. The van der Waals surface area contributed by atoms with Gasteiger partial charge in [-0.05, 0) is 29.0 Å². The summed E-state index contributed by atoms with van der Waals surface area (Å²) in [5.41, 5.74) is 2.67. The van der Waals surface area contributed by atoms with E-state index >= 15 is 0 Å². The second kappa shape index (κ2) is 5.74. The zero-order chi connectivity index (χ0) is 12.2. The molecule has 0 bridgehead atoms. The Kier molecular flexibility index (Phi) is 4.87. The molecule has 1 aromatic carbocycles. The van der Waals surface area contributed by atoms with E-state index in [4.69, 9.17) is 0 Å². The monoisotopic (exact) mass is 250 g/mol. The predicted molar refractivity (Wildman–Crippen MR) is 80.0 cm³/mol. The van der Waals surface area contributed by atoms with Crippen LogP contribution < -0.4 is 0 Å². The van der Waals surface area contributed by atoms with Crippen molar-refractivity contribution in [3.8, 4) is 0 Å². The molecule has 0 atom stereocenters. The molecule has 0 radical (unpaired) electrons. The molecular weight excluding hydrogens is 228 g/mol. The molecule has 1 aromatic rings. The van der Waals surface area contributed by atoms with Crippen LogP contribution in [0.5, 0.6) is 0 Å². The minimum atomic E-state index is -1.06. The molecule has 88 valence electrons. The summed E-state index contributed by atoms with van der Waals surface area (Å²) in [6, 6.07) is 9.83. The Hall–Kier alpha value is -0.473. The van der Waals surface area contributed by atoms with Crippen LogP contribution in [0.1, 0.15) is 12.5 Å². The number of thioether (sulfide) groups is 1. The van der Waals surface area contributed by atoms with E-state index in [2.05, 4.69) is 57.4 Å². The van der Waals surface area contributed by atoms with Crippen molar-refractivity contribution in [2.24, 2.45) is 0 Å².